The van der Waals surface area contributed by atoms with Crippen molar-refractivity contribution in [2.45, 2.75) is 6.82 Å². The monoisotopic (exact) mass is 259 g/mol. The lowest BCUT2D eigenvalue weighted by atomic mass is 10.1. The third kappa shape index (κ3) is 4.38. The number of pyridine rings is 1. The number of aromatic nitrogens is 2. The van der Waals surface area contributed by atoms with E-state index in [0.29, 0.717) is 4.47 Å². The minimum absolute atomic E-state index is 0.550. The van der Waals surface area contributed by atoms with Gasteiger partial charge in [-0.05, 0) is 24.2 Å². The molecule has 2 aromatic rings. The van der Waals surface area contributed by atoms with Crippen LogP contribution in [0.2, 0.25) is 11.3 Å². The second-order valence-corrected chi connectivity index (χ2v) is 4.43. The van der Waals surface area contributed by atoms with Crippen LogP contribution in [0, 0.1) is 0 Å². The van der Waals surface area contributed by atoms with E-state index in [9.17, 15) is 0 Å². The largest absolute Gasteiger partial charge is 0.383 e. The summed E-state index contributed by atoms with van der Waals surface area (Å²) in [6.07, 6.45) is 3.58. The molecule has 7 heteroatoms. The summed E-state index contributed by atoms with van der Waals surface area (Å²) in [5.74, 6) is 0. The Kier molecular flexibility index (Phi) is 6.01. The maximum Gasteiger partial charge on any atom is 0.310 e. The Balaban J connectivity index is 0.000000195. The van der Waals surface area contributed by atoms with Gasteiger partial charge in [-0.25, -0.2) is 9.97 Å². The number of nitrogens with zero attached hydrogens (tertiary/aromatic N) is 2. The van der Waals surface area contributed by atoms with Gasteiger partial charge in [-0.1, -0.05) is 18.4 Å². The summed E-state index contributed by atoms with van der Waals surface area (Å²) in [6.45, 7) is 1.84. The Morgan fingerprint density at radius 3 is 2.93 bits per heavy atom. The van der Waals surface area contributed by atoms with E-state index in [1.165, 1.54) is 23.4 Å². The van der Waals surface area contributed by atoms with Gasteiger partial charge in [-0.3, -0.25) is 0 Å². The standard InChI is InChI=1S/C6H3ClN2S.C2H6BOS/c7-6-9-5-4(10-6)2-1-3-8-5;1-3-4-5-2/h1-3H;1-2H3. The first kappa shape index (κ1) is 12.8. The maximum atomic E-state index is 5.65. The van der Waals surface area contributed by atoms with Gasteiger partial charge in [0.05, 0.1) is 4.70 Å². The van der Waals surface area contributed by atoms with Crippen molar-refractivity contribution in [3.05, 3.63) is 22.8 Å². The zero-order valence-corrected chi connectivity index (χ0v) is 10.7. The lowest BCUT2D eigenvalue weighted by molar-refractivity contribution is 0.709. The third-order valence-electron chi connectivity index (χ3n) is 1.33. The summed E-state index contributed by atoms with van der Waals surface area (Å²) in [7, 11) is 1.64. The number of rotatable bonds is 2. The van der Waals surface area contributed by atoms with Gasteiger partial charge in [0, 0.05) is 12.5 Å². The maximum absolute atomic E-state index is 5.65. The highest BCUT2D eigenvalue weighted by atomic mass is 35.5. The van der Waals surface area contributed by atoms with Gasteiger partial charge >= 0.3 is 7.48 Å². The molecule has 0 saturated heterocycles. The summed E-state index contributed by atoms with van der Waals surface area (Å²) in [6, 6.07) is 3.82. The minimum atomic E-state index is 0.550. The SMILES string of the molecule is C[B]OSC.Clc1nc2ncccc2s1. The first-order valence-electron chi connectivity index (χ1n) is 4.12. The van der Waals surface area contributed by atoms with E-state index in [-0.39, 0.29) is 0 Å². The summed E-state index contributed by atoms with van der Waals surface area (Å²) in [5, 5.41) is 0. The summed E-state index contributed by atoms with van der Waals surface area (Å²) < 4.78 is 6.21. The number of fused-ring (bicyclic) bond motifs is 1. The molecular formula is C8H9BClN2OS2. The molecule has 0 bridgehead atoms. The van der Waals surface area contributed by atoms with Gasteiger partial charge in [0.1, 0.15) is 0 Å². The van der Waals surface area contributed by atoms with Crippen LogP contribution < -0.4 is 0 Å². The van der Waals surface area contributed by atoms with Crippen molar-refractivity contribution >= 4 is 52.8 Å². The molecular weight excluding hydrogens is 250 g/mol. The number of hydrogen-bond acceptors (Lipinski definition) is 5. The smallest absolute Gasteiger partial charge is 0.310 e. The predicted octanol–water partition coefficient (Wildman–Crippen LogP) is 3.29. The molecule has 3 nitrogen and oxygen atoms in total. The number of thiazole rings is 1. The minimum Gasteiger partial charge on any atom is -0.383 e. The van der Waals surface area contributed by atoms with E-state index < -0.39 is 0 Å². The van der Waals surface area contributed by atoms with Crippen LogP contribution in [0.1, 0.15) is 0 Å². The fourth-order valence-electron chi connectivity index (χ4n) is 0.839. The van der Waals surface area contributed by atoms with Crippen LogP contribution in [0.15, 0.2) is 18.3 Å². The Morgan fingerprint density at radius 1 is 1.60 bits per heavy atom. The Labute approximate surface area is 103 Å². The summed E-state index contributed by atoms with van der Waals surface area (Å²) >= 11 is 8.44. The van der Waals surface area contributed by atoms with Gasteiger partial charge in [-0.2, -0.15) is 0 Å². The molecule has 2 heterocycles. The van der Waals surface area contributed by atoms with Gasteiger partial charge in [0.2, 0.25) is 0 Å². The lowest BCUT2D eigenvalue weighted by Gasteiger charge is -1.82. The van der Waals surface area contributed by atoms with E-state index in [0.717, 1.165) is 10.3 Å². The first-order valence-corrected chi connectivity index (χ1v) is 6.46. The topological polar surface area (TPSA) is 35.0 Å². The highest BCUT2D eigenvalue weighted by Crippen LogP contribution is 2.22. The van der Waals surface area contributed by atoms with Crippen molar-refractivity contribution in [3.8, 4) is 0 Å². The molecule has 0 unspecified atom stereocenters. The van der Waals surface area contributed by atoms with Crippen LogP contribution in [0.3, 0.4) is 0 Å². The van der Waals surface area contributed by atoms with Crippen LogP contribution in [0.25, 0.3) is 10.3 Å². The highest BCUT2D eigenvalue weighted by molar-refractivity contribution is 7.94. The Hall–Kier alpha value is -0.295. The molecule has 0 aromatic carbocycles. The van der Waals surface area contributed by atoms with Gasteiger partial charge in [0.15, 0.2) is 10.1 Å². The molecule has 0 atom stereocenters. The fraction of sp³-hybridized carbons (Fsp3) is 0.250. The Morgan fingerprint density at radius 2 is 2.40 bits per heavy atom. The second kappa shape index (κ2) is 7.06. The highest BCUT2D eigenvalue weighted by Gasteiger charge is 1.98. The third-order valence-corrected chi connectivity index (χ3v) is 2.83. The number of halogens is 1. The molecule has 0 aliphatic carbocycles. The van der Waals surface area contributed by atoms with Crippen molar-refractivity contribution in [3.63, 3.8) is 0 Å². The summed E-state index contributed by atoms with van der Waals surface area (Å²) in [4.78, 5) is 8.00. The Bertz CT molecular complexity index is 377. The van der Waals surface area contributed by atoms with Gasteiger partial charge < -0.3 is 4.10 Å². The molecule has 0 fully saturated rings. The summed E-state index contributed by atoms with van der Waals surface area (Å²) in [5.41, 5.74) is 0.734. The van der Waals surface area contributed by atoms with Crippen LogP contribution in [-0.4, -0.2) is 23.7 Å². The number of hydrogen-bond donors (Lipinski definition) is 0. The molecule has 0 N–H and O–H groups in total. The van der Waals surface area contributed by atoms with Crippen LogP contribution in [0.4, 0.5) is 0 Å². The molecule has 0 saturated carbocycles. The molecule has 2 rings (SSSR count). The van der Waals surface area contributed by atoms with Crippen molar-refractivity contribution in [1.82, 2.24) is 9.97 Å². The van der Waals surface area contributed by atoms with Crippen LogP contribution >= 0.6 is 35.0 Å². The molecule has 0 spiro atoms. The zero-order chi connectivity index (χ0) is 11.1. The molecule has 79 valence electrons. The van der Waals surface area contributed by atoms with Crippen molar-refractivity contribution < 1.29 is 4.10 Å². The van der Waals surface area contributed by atoms with Crippen LogP contribution in [0.5, 0.6) is 0 Å². The first-order chi connectivity index (χ1) is 7.27. The van der Waals surface area contributed by atoms with Crippen LogP contribution in [-0.2, 0) is 4.10 Å². The fourth-order valence-corrected chi connectivity index (χ4v) is 2.01. The van der Waals surface area contributed by atoms with E-state index in [1.54, 1.807) is 13.7 Å². The zero-order valence-electron chi connectivity index (χ0n) is 8.31. The second-order valence-electron chi connectivity index (χ2n) is 2.29. The van der Waals surface area contributed by atoms with Crippen molar-refractivity contribution in [2.75, 3.05) is 6.26 Å². The van der Waals surface area contributed by atoms with Crippen molar-refractivity contribution in [2.24, 2.45) is 0 Å². The average molecular weight is 260 g/mol. The molecule has 0 aliphatic heterocycles. The molecule has 2 aromatic heterocycles. The van der Waals surface area contributed by atoms with E-state index in [1.807, 2.05) is 25.2 Å². The van der Waals surface area contributed by atoms with E-state index >= 15 is 0 Å². The van der Waals surface area contributed by atoms with E-state index in [2.05, 4.69) is 14.1 Å². The quantitative estimate of drug-likeness (QED) is 0.612. The molecule has 0 amide bonds. The average Bonchev–Trinajstić information content (AvgIpc) is 2.60. The van der Waals surface area contributed by atoms with E-state index in [4.69, 9.17) is 11.6 Å². The van der Waals surface area contributed by atoms with Gasteiger partial charge in [-0.15, -0.1) is 11.3 Å². The van der Waals surface area contributed by atoms with Gasteiger partial charge in [0.25, 0.3) is 0 Å². The molecule has 15 heavy (non-hydrogen) atoms. The lowest BCUT2D eigenvalue weighted by Crippen LogP contribution is -1.77. The normalized spacial score (nSPS) is 9.53. The predicted molar refractivity (Wildman–Crippen MR) is 68.6 cm³/mol. The van der Waals surface area contributed by atoms with Crippen molar-refractivity contribution in [1.29, 1.82) is 0 Å². The molecule has 1 radical (unpaired) electrons. The molecule has 0 aliphatic rings.